The molecule has 1 heterocycles. The van der Waals surface area contributed by atoms with Crippen molar-refractivity contribution in [2.24, 2.45) is 5.92 Å². The first kappa shape index (κ1) is 24.8. The highest BCUT2D eigenvalue weighted by atomic mass is 19.4. The maximum Gasteiger partial charge on any atom is 0.416 e. The number of aliphatic hydroxyl groups excluding tert-OH is 1. The molecule has 1 saturated carbocycles. The van der Waals surface area contributed by atoms with Crippen LogP contribution >= 0.6 is 0 Å². The first-order valence-corrected chi connectivity index (χ1v) is 11.6. The molecule has 10 heteroatoms. The van der Waals surface area contributed by atoms with Gasteiger partial charge in [-0.25, -0.2) is 4.79 Å². The van der Waals surface area contributed by atoms with Crippen LogP contribution in [0.15, 0.2) is 48.5 Å². The van der Waals surface area contributed by atoms with Crippen LogP contribution in [0.25, 0.3) is 0 Å². The van der Waals surface area contributed by atoms with Crippen LogP contribution in [0.1, 0.15) is 41.6 Å². The first-order valence-electron chi connectivity index (χ1n) is 11.6. The Bertz CT molecular complexity index is 1040. The molecule has 4 rings (SSSR count). The van der Waals surface area contributed by atoms with Crippen LogP contribution in [0, 0.1) is 5.92 Å². The smallest absolute Gasteiger partial charge is 0.416 e. The second kappa shape index (κ2) is 10.6. The van der Waals surface area contributed by atoms with Crippen molar-refractivity contribution in [3.63, 3.8) is 0 Å². The normalized spacial score (nSPS) is 20.6. The molecule has 0 bridgehead atoms. The van der Waals surface area contributed by atoms with Gasteiger partial charge in [0.25, 0.3) is 5.91 Å². The highest BCUT2D eigenvalue weighted by molar-refractivity contribution is 5.94. The van der Waals surface area contributed by atoms with Crippen molar-refractivity contribution in [3.05, 3.63) is 59.7 Å². The van der Waals surface area contributed by atoms with Gasteiger partial charge in [-0.05, 0) is 74.1 Å². The van der Waals surface area contributed by atoms with Crippen molar-refractivity contribution in [1.82, 2.24) is 10.2 Å². The Labute approximate surface area is 201 Å². The molecule has 35 heavy (non-hydrogen) atoms. The van der Waals surface area contributed by atoms with E-state index in [0.717, 1.165) is 12.1 Å². The summed E-state index contributed by atoms with van der Waals surface area (Å²) in [6, 6.07) is 9.75. The summed E-state index contributed by atoms with van der Waals surface area (Å²) in [4.78, 5) is 26.9. The van der Waals surface area contributed by atoms with E-state index in [0.29, 0.717) is 43.2 Å². The number of alkyl halides is 3. The number of nitrogens with one attached hydrogen (secondary N) is 2. The van der Waals surface area contributed by atoms with Gasteiger partial charge in [0.1, 0.15) is 5.75 Å². The number of likely N-dealkylation sites (tertiary alicyclic amines) is 1. The molecule has 2 fully saturated rings. The number of amides is 3. The van der Waals surface area contributed by atoms with Crippen LogP contribution in [0.2, 0.25) is 0 Å². The average molecular weight is 492 g/mol. The highest BCUT2D eigenvalue weighted by Crippen LogP contribution is 2.31. The molecular weight excluding hydrogens is 463 g/mol. The number of halogens is 3. The fourth-order valence-electron chi connectivity index (χ4n) is 3.90. The third-order valence-electron chi connectivity index (χ3n) is 6.15. The van der Waals surface area contributed by atoms with Gasteiger partial charge >= 0.3 is 12.2 Å². The molecule has 3 N–H and O–H groups in total. The second-order valence-electron chi connectivity index (χ2n) is 9.02. The number of ether oxygens (including phenoxy) is 1. The van der Waals surface area contributed by atoms with Gasteiger partial charge < -0.3 is 25.4 Å². The minimum atomic E-state index is -4.52. The van der Waals surface area contributed by atoms with Crippen LogP contribution in [0.4, 0.5) is 23.7 Å². The van der Waals surface area contributed by atoms with Crippen LogP contribution in [-0.2, 0) is 6.18 Å². The van der Waals surface area contributed by atoms with Gasteiger partial charge in [-0.3, -0.25) is 4.79 Å². The molecule has 1 aliphatic heterocycles. The maximum atomic E-state index is 13.0. The Hall–Kier alpha value is -3.27. The van der Waals surface area contributed by atoms with E-state index in [1.807, 2.05) is 0 Å². The summed E-state index contributed by atoms with van der Waals surface area (Å²) in [6.07, 6.45) is -2.18. The summed E-state index contributed by atoms with van der Waals surface area (Å²) in [6.45, 7) is 0.972. The van der Waals surface area contributed by atoms with Crippen molar-refractivity contribution >= 4 is 17.6 Å². The Morgan fingerprint density at radius 1 is 1.09 bits per heavy atom. The number of anilines is 1. The molecule has 7 nitrogen and oxygen atoms in total. The Kier molecular flexibility index (Phi) is 7.49. The molecule has 2 unspecified atom stereocenters. The number of urea groups is 1. The van der Waals surface area contributed by atoms with Gasteiger partial charge in [0.15, 0.2) is 0 Å². The zero-order valence-electron chi connectivity index (χ0n) is 19.1. The topological polar surface area (TPSA) is 90.9 Å². The van der Waals surface area contributed by atoms with E-state index in [4.69, 9.17) is 4.74 Å². The fourth-order valence-corrected chi connectivity index (χ4v) is 3.90. The predicted molar refractivity (Wildman–Crippen MR) is 123 cm³/mol. The maximum absolute atomic E-state index is 13.0. The van der Waals surface area contributed by atoms with Gasteiger partial charge in [-0.2, -0.15) is 13.2 Å². The molecule has 2 aliphatic rings. The standard InChI is InChI=1S/C25H28F3N3O4/c26-25(27,28)18-3-1-4-19(13-18)29-24(34)31-12-2-5-22(32)21(14-31)30-23(33)17-8-10-20(11-9-17)35-15-16-6-7-16/h1,3-4,8-11,13,16,21-22,32H,2,5-7,12,14-15H2,(H,29,34)(H,30,33). The third kappa shape index (κ3) is 6.88. The molecule has 1 aliphatic carbocycles. The second-order valence-corrected chi connectivity index (χ2v) is 9.02. The molecule has 0 spiro atoms. The molecule has 1 saturated heterocycles. The quantitative estimate of drug-likeness (QED) is 0.563. The van der Waals surface area contributed by atoms with Crippen LogP contribution in [-0.4, -0.2) is 53.8 Å². The van der Waals surface area contributed by atoms with Gasteiger partial charge in [-0.15, -0.1) is 0 Å². The average Bonchev–Trinajstić information content (AvgIpc) is 3.67. The van der Waals surface area contributed by atoms with Gasteiger partial charge in [0.05, 0.1) is 24.3 Å². The van der Waals surface area contributed by atoms with Crippen molar-refractivity contribution in [2.75, 3.05) is 25.0 Å². The van der Waals surface area contributed by atoms with Gasteiger partial charge in [0, 0.05) is 24.3 Å². The molecule has 2 aromatic carbocycles. The van der Waals surface area contributed by atoms with E-state index in [1.165, 1.54) is 29.9 Å². The van der Waals surface area contributed by atoms with Gasteiger partial charge in [0.2, 0.25) is 0 Å². The number of rotatable bonds is 6. The number of carbonyl (C=O) groups is 2. The molecule has 3 amide bonds. The summed E-state index contributed by atoms with van der Waals surface area (Å²) in [5.41, 5.74) is -0.463. The number of benzene rings is 2. The number of aliphatic hydroxyl groups is 1. The number of carbonyl (C=O) groups excluding carboxylic acids is 2. The van der Waals surface area contributed by atoms with Gasteiger partial charge in [-0.1, -0.05) is 6.07 Å². The van der Waals surface area contributed by atoms with Crippen LogP contribution in [0.5, 0.6) is 5.75 Å². The molecule has 0 radical (unpaired) electrons. The van der Waals surface area contributed by atoms with Crippen LogP contribution in [0.3, 0.4) is 0 Å². The lowest BCUT2D eigenvalue weighted by Gasteiger charge is -2.27. The number of hydrogen-bond donors (Lipinski definition) is 3. The van der Waals surface area contributed by atoms with E-state index in [-0.39, 0.29) is 12.2 Å². The SMILES string of the molecule is O=C(NC1CN(C(=O)Nc2cccc(C(F)(F)F)c2)CCCC1O)c1ccc(OCC2CC2)cc1. The highest BCUT2D eigenvalue weighted by Gasteiger charge is 2.32. The minimum Gasteiger partial charge on any atom is -0.493 e. The zero-order chi connectivity index (χ0) is 25.0. The molecule has 188 valence electrons. The predicted octanol–water partition coefficient (Wildman–Crippen LogP) is 4.28. The molecule has 0 aromatic heterocycles. The number of hydrogen-bond acceptors (Lipinski definition) is 4. The molecule has 2 aromatic rings. The summed E-state index contributed by atoms with van der Waals surface area (Å²) in [5.74, 6) is 0.895. The Morgan fingerprint density at radius 3 is 2.51 bits per heavy atom. The van der Waals surface area contributed by atoms with E-state index in [2.05, 4.69) is 10.6 Å². The molecular formula is C25H28F3N3O4. The van der Waals surface area contributed by atoms with Crippen molar-refractivity contribution < 1.29 is 32.6 Å². The summed E-state index contributed by atoms with van der Waals surface area (Å²) < 4.78 is 44.6. The lowest BCUT2D eigenvalue weighted by Crippen LogP contribution is -2.50. The molecule has 2 atom stereocenters. The van der Waals surface area contributed by atoms with Crippen LogP contribution < -0.4 is 15.4 Å². The lowest BCUT2D eigenvalue weighted by molar-refractivity contribution is -0.137. The minimum absolute atomic E-state index is 0.0131. The van der Waals surface area contributed by atoms with E-state index in [1.54, 1.807) is 24.3 Å². The summed E-state index contributed by atoms with van der Waals surface area (Å²) >= 11 is 0. The van der Waals surface area contributed by atoms with Crippen molar-refractivity contribution in [1.29, 1.82) is 0 Å². The monoisotopic (exact) mass is 491 g/mol. The zero-order valence-corrected chi connectivity index (χ0v) is 19.1. The first-order chi connectivity index (χ1) is 16.7. The Balaban J connectivity index is 1.36. The lowest BCUT2D eigenvalue weighted by atomic mass is 10.1. The number of nitrogens with zero attached hydrogens (tertiary/aromatic N) is 1. The van der Waals surface area contributed by atoms with Crippen molar-refractivity contribution in [3.8, 4) is 5.75 Å². The Morgan fingerprint density at radius 2 is 1.83 bits per heavy atom. The largest absolute Gasteiger partial charge is 0.493 e. The van der Waals surface area contributed by atoms with Crippen molar-refractivity contribution in [2.45, 2.75) is 44.0 Å². The van der Waals surface area contributed by atoms with E-state index >= 15 is 0 Å². The van der Waals surface area contributed by atoms with E-state index < -0.39 is 35.8 Å². The third-order valence-corrected chi connectivity index (χ3v) is 6.15. The van der Waals surface area contributed by atoms with E-state index in [9.17, 15) is 27.9 Å². The fraction of sp³-hybridized carbons (Fsp3) is 0.440. The summed E-state index contributed by atoms with van der Waals surface area (Å²) in [7, 11) is 0. The summed E-state index contributed by atoms with van der Waals surface area (Å²) in [5, 5.41) is 15.8.